The Morgan fingerprint density at radius 3 is 2.29 bits per heavy atom. The normalized spacial score (nSPS) is 10.1. The molecular formula is C14H12FN3O3. The van der Waals surface area contributed by atoms with Crippen LogP contribution < -0.4 is 21.9 Å². The number of primary amides is 2. The average molecular weight is 289 g/mol. The number of nitrogens with two attached hydrogens (primary N) is 3. The predicted octanol–water partition coefficient (Wildman–Crippen LogP) is 1.40. The Morgan fingerprint density at radius 2 is 1.67 bits per heavy atom. The van der Waals surface area contributed by atoms with E-state index in [0.29, 0.717) is 0 Å². The van der Waals surface area contributed by atoms with Gasteiger partial charge in [0.25, 0.3) is 11.8 Å². The van der Waals surface area contributed by atoms with Crippen LogP contribution in [0.4, 0.5) is 10.1 Å². The van der Waals surface area contributed by atoms with Crippen LogP contribution >= 0.6 is 0 Å². The van der Waals surface area contributed by atoms with E-state index in [-0.39, 0.29) is 22.7 Å². The van der Waals surface area contributed by atoms with Gasteiger partial charge in [-0.1, -0.05) is 12.1 Å². The third kappa shape index (κ3) is 2.76. The van der Waals surface area contributed by atoms with Crippen LogP contribution in [0.1, 0.15) is 20.7 Å². The topological polar surface area (TPSA) is 121 Å². The van der Waals surface area contributed by atoms with Gasteiger partial charge in [0, 0.05) is 0 Å². The summed E-state index contributed by atoms with van der Waals surface area (Å²) < 4.78 is 19.1. The summed E-state index contributed by atoms with van der Waals surface area (Å²) in [4.78, 5) is 22.7. The van der Waals surface area contributed by atoms with Crippen LogP contribution in [0.3, 0.4) is 0 Å². The molecule has 0 aromatic heterocycles. The zero-order chi connectivity index (χ0) is 15.6. The summed E-state index contributed by atoms with van der Waals surface area (Å²) in [6.07, 6.45) is 0. The van der Waals surface area contributed by atoms with E-state index in [0.717, 1.165) is 6.07 Å². The van der Waals surface area contributed by atoms with E-state index in [2.05, 4.69) is 0 Å². The first-order valence-corrected chi connectivity index (χ1v) is 5.86. The number of ether oxygens (including phenoxy) is 1. The molecule has 0 bridgehead atoms. The lowest BCUT2D eigenvalue weighted by Crippen LogP contribution is -2.16. The first-order chi connectivity index (χ1) is 9.91. The smallest absolute Gasteiger partial charge is 0.255 e. The number of amides is 2. The first kappa shape index (κ1) is 14.3. The molecule has 0 saturated heterocycles. The fraction of sp³-hybridized carbons (Fsp3) is 0. The van der Waals surface area contributed by atoms with Crippen molar-refractivity contribution in [2.75, 3.05) is 5.73 Å². The number of halogens is 1. The Labute approximate surface area is 119 Å². The number of carbonyl (C=O) groups is 2. The number of rotatable bonds is 4. The Kier molecular flexibility index (Phi) is 3.75. The van der Waals surface area contributed by atoms with Gasteiger partial charge in [-0.25, -0.2) is 4.39 Å². The highest BCUT2D eigenvalue weighted by Crippen LogP contribution is 2.33. The van der Waals surface area contributed by atoms with Crippen molar-refractivity contribution >= 4 is 17.5 Å². The first-order valence-electron chi connectivity index (χ1n) is 5.86. The van der Waals surface area contributed by atoms with Gasteiger partial charge in [-0.05, 0) is 24.3 Å². The highest BCUT2D eigenvalue weighted by atomic mass is 19.1. The quantitative estimate of drug-likeness (QED) is 0.736. The highest BCUT2D eigenvalue weighted by Gasteiger charge is 2.19. The zero-order valence-corrected chi connectivity index (χ0v) is 10.8. The molecule has 0 saturated carbocycles. The predicted molar refractivity (Wildman–Crippen MR) is 74.4 cm³/mol. The monoisotopic (exact) mass is 289 g/mol. The van der Waals surface area contributed by atoms with E-state index in [1.54, 1.807) is 0 Å². The molecule has 2 aromatic rings. The number of nitrogen functional groups attached to an aromatic ring is 1. The van der Waals surface area contributed by atoms with Gasteiger partial charge < -0.3 is 21.9 Å². The zero-order valence-electron chi connectivity index (χ0n) is 10.8. The van der Waals surface area contributed by atoms with Crippen LogP contribution in [0, 0.1) is 5.82 Å². The van der Waals surface area contributed by atoms with Crippen molar-refractivity contribution in [2.45, 2.75) is 0 Å². The number of anilines is 1. The lowest BCUT2D eigenvalue weighted by molar-refractivity contribution is 0.0990. The number of para-hydroxylation sites is 1. The maximum absolute atomic E-state index is 13.7. The van der Waals surface area contributed by atoms with E-state index >= 15 is 0 Å². The van der Waals surface area contributed by atoms with Gasteiger partial charge in [0.2, 0.25) is 0 Å². The van der Waals surface area contributed by atoms with Crippen LogP contribution in [0.2, 0.25) is 0 Å². The van der Waals surface area contributed by atoms with Crippen molar-refractivity contribution in [1.29, 1.82) is 0 Å². The summed E-state index contributed by atoms with van der Waals surface area (Å²) in [7, 11) is 0. The lowest BCUT2D eigenvalue weighted by Gasteiger charge is -2.14. The molecule has 0 aliphatic carbocycles. The molecule has 6 N–H and O–H groups in total. The van der Waals surface area contributed by atoms with Crippen molar-refractivity contribution in [3.8, 4) is 11.5 Å². The van der Waals surface area contributed by atoms with Crippen molar-refractivity contribution in [3.63, 3.8) is 0 Å². The van der Waals surface area contributed by atoms with Gasteiger partial charge in [0.15, 0.2) is 5.75 Å². The van der Waals surface area contributed by atoms with Crippen molar-refractivity contribution < 1.29 is 18.7 Å². The number of benzene rings is 2. The van der Waals surface area contributed by atoms with Crippen LogP contribution in [-0.2, 0) is 0 Å². The van der Waals surface area contributed by atoms with Gasteiger partial charge in [0.05, 0.1) is 11.3 Å². The molecule has 0 spiro atoms. The molecular weight excluding hydrogens is 277 g/mol. The van der Waals surface area contributed by atoms with E-state index < -0.39 is 23.2 Å². The Hall–Kier alpha value is -3.09. The molecule has 2 amide bonds. The number of carbonyl (C=O) groups excluding carboxylic acids is 2. The third-order valence-corrected chi connectivity index (χ3v) is 2.74. The summed E-state index contributed by atoms with van der Waals surface area (Å²) in [6.45, 7) is 0. The van der Waals surface area contributed by atoms with E-state index in [1.165, 1.54) is 30.3 Å². The second kappa shape index (κ2) is 5.49. The van der Waals surface area contributed by atoms with Crippen LogP contribution in [0.5, 0.6) is 11.5 Å². The maximum Gasteiger partial charge on any atom is 0.255 e. The third-order valence-electron chi connectivity index (χ3n) is 2.74. The molecule has 108 valence electrons. The van der Waals surface area contributed by atoms with E-state index in [9.17, 15) is 14.0 Å². The van der Waals surface area contributed by atoms with Gasteiger partial charge in [-0.2, -0.15) is 0 Å². The van der Waals surface area contributed by atoms with E-state index in [4.69, 9.17) is 21.9 Å². The average Bonchev–Trinajstić information content (AvgIpc) is 2.40. The van der Waals surface area contributed by atoms with Crippen LogP contribution in [0.15, 0.2) is 36.4 Å². The lowest BCUT2D eigenvalue weighted by atomic mass is 10.1. The van der Waals surface area contributed by atoms with E-state index in [1.807, 2.05) is 0 Å². The molecule has 2 rings (SSSR count). The standard InChI is InChI=1S/C14H12FN3O3/c15-8-4-2-6-10(11(8)14(18)20)21-12-7(13(17)19)3-1-5-9(12)16/h1-6H,16H2,(H2,17,19)(H2,18,20). The Morgan fingerprint density at radius 1 is 1.00 bits per heavy atom. The fourth-order valence-corrected chi connectivity index (χ4v) is 1.80. The van der Waals surface area contributed by atoms with Gasteiger partial charge >= 0.3 is 0 Å². The minimum absolute atomic E-state index is 0.00896. The molecule has 0 aliphatic rings. The largest absolute Gasteiger partial charge is 0.453 e. The molecule has 2 aromatic carbocycles. The Balaban J connectivity index is 2.56. The summed E-state index contributed by atoms with van der Waals surface area (Å²) in [5.41, 5.74) is 15.8. The van der Waals surface area contributed by atoms with Gasteiger partial charge in [0.1, 0.15) is 17.1 Å². The van der Waals surface area contributed by atoms with Gasteiger partial charge in [-0.3, -0.25) is 9.59 Å². The molecule has 21 heavy (non-hydrogen) atoms. The molecule has 0 unspecified atom stereocenters. The number of hydrogen-bond donors (Lipinski definition) is 3. The maximum atomic E-state index is 13.7. The second-order valence-corrected chi connectivity index (χ2v) is 4.17. The number of hydrogen-bond acceptors (Lipinski definition) is 4. The molecule has 0 aliphatic heterocycles. The minimum atomic E-state index is -1.00. The highest BCUT2D eigenvalue weighted by molar-refractivity contribution is 5.98. The van der Waals surface area contributed by atoms with Crippen LogP contribution in [-0.4, -0.2) is 11.8 Å². The van der Waals surface area contributed by atoms with Crippen molar-refractivity contribution in [2.24, 2.45) is 11.5 Å². The van der Waals surface area contributed by atoms with Crippen molar-refractivity contribution in [3.05, 3.63) is 53.3 Å². The summed E-state index contributed by atoms with van der Waals surface area (Å²) in [5, 5.41) is 0. The van der Waals surface area contributed by atoms with Crippen molar-refractivity contribution in [1.82, 2.24) is 0 Å². The molecule has 0 radical (unpaired) electrons. The second-order valence-electron chi connectivity index (χ2n) is 4.17. The summed E-state index contributed by atoms with van der Waals surface area (Å²) in [5.74, 6) is -2.82. The minimum Gasteiger partial charge on any atom is -0.453 e. The van der Waals surface area contributed by atoms with Gasteiger partial charge in [-0.15, -0.1) is 0 Å². The molecule has 0 atom stereocenters. The molecule has 0 heterocycles. The fourth-order valence-electron chi connectivity index (χ4n) is 1.80. The SMILES string of the molecule is NC(=O)c1cccc(N)c1Oc1cccc(F)c1C(N)=O. The summed E-state index contributed by atoms with van der Waals surface area (Å²) >= 11 is 0. The van der Waals surface area contributed by atoms with Crippen LogP contribution in [0.25, 0.3) is 0 Å². The Bertz CT molecular complexity index is 731. The molecule has 0 fully saturated rings. The molecule has 6 nitrogen and oxygen atoms in total. The molecule has 7 heteroatoms. The summed E-state index contributed by atoms with van der Waals surface area (Å²) in [6, 6.07) is 8.13.